The lowest BCUT2D eigenvalue weighted by Gasteiger charge is -2.32. The Balaban J connectivity index is 1.34. The Hall–Kier alpha value is -2.92. The predicted octanol–water partition coefficient (Wildman–Crippen LogP) is 4.43. The normalized spacial score (nSPS) is 18.2. The minimum atomic E-state index is -4.73. The Morgan fingerprint density at radius 1 is 0.975 bits per heavy atom. The zero-order chi connectivity index (χ0) is 28.2. The molecule has 2 fully saturated rings. The number of piperidine rings is 1. The number of Topliss-reactive ketones (excluding diaryl/α,β-unsaturated/α-hetero) is 1. The van der Waals surface area contributed by atoms with Crippen LogP contribution in [0.5, 0.6) is 5.75 Å². The van der Waals surface area contributed by atoms with E-state index < -0.39 is 11.9 Å². The molecule has 0 radical (unpaired) electrons. The highest BCUT2D eigenvalue weighted by Crippen LogP contribution is 2.34. The molecule has 5 rings (SSSR count). The maximum atomic E-state index is 12.8. The van der Waals surface area contributed by atoms with Crippen molar-refractivity contribution < 1.29 is 22.7 Å². The van der Waals surface area contributed by atoms with E-state index in [1.54, 1.807) is 12.1 Å². The maximum absolute atomic E-state index is 12.8. The molecule has 0 spiro atoms. The number of aromatic nitrogens is 1. The van der Waals surface area contributed by atoms with Crippen LogP contribution >= 0.6 is 0 Å². The fraction of sp³-hybridized carbons (Fsp3) is 0.500. The quantitative estimate of drug-likeness (QED) is 0.320. The van der Waals surface area contributed by atoms with Gasteiger partial charge in [0, 0.05) is 68.4 Å². The van der Waals surface area contributed by atoms with Crippen LogP contribution in [0.4, 0.5) is 13.2 Å². The Morgan fingerprint density at radius 2 is 1.68 bits per heavy atom. The number of nitrogens with two attached hydrogens (primary N) is 1. The minimum absolute atomic E-state index is 0.144. The summed E-state index contributed by atoms with van der Waals surface area (Å²) in [6, 6.07) is 12.5. The van der Waals surface area contributed by atoms with Gasteiger partial charge in [-0.2, -0.15) is 0 Å². The first-order valence-corrected chi connectivity index (χ1v) is 14.1. The Kier molecular flexibility index (Phi) is 8.80. The second-order valence-corrected chi connectivity index (χ2v) is 11.0. The summed E-state index contributed by atoms with van der Waals surface area (Å²) in [7, 11) is 0. The Labute approximate surface area is 232 Å². The topological polar surface area (TPSA) is 84.5 Å². The molecule has 3 heterocycles. The standard InChI is InChI=1S/C30H38F3N5O2/c31-30(32,33)40-24-7-5-23(6-8-24)26-21-38(16-2-1-3-28(39)29(34)10-12-35-13-11-29)27-9-4-22(19-25(26)27)20-37-17-14-36-15-18-37/h4-9,19,21,35-36H,1-3,10-18,20,34H2. The maximum Gasteiger partial charge on any atom is 0.573 e. The lowest BCUT2D eigenvalue weighted by atomic mass is 9.83. The number of ether oxygens (including phenoxy) is 1. The van der Waals surface area contributed by atoms with Crippen molar-refractivity contribution in [2.45, 2.75) is 57.1 Å². The molecule has 0 saturated carbocycles. The van der Waals surface area contributed by atoms with Gasteiger partial charge in [0.2, 0.25) is 0 Å². The third-order valence-corrected chi connectivity index (χ3v) is 8.06. The van der Waals surface area contributed by atoms with Gasteiger partial charge in [-0.25, -0.2) is 0 Å². The van der Waals surface area contributed by atoms with E-state index in [4.69, 9.17) is 5.73 Å². The number of fused-ring (bicyclic) bond motifs is 1. The minimum Gasteiger partial charge on any atom is -0.406 e. The van der Waals surface area contributed by atoms with Crippen molar-refractivity contribution in [1.82, 2.24) is 20.1 Å². The van der Waals surface area contributed by atoms with Crippen molar-refractivity contribution in [3.05, 3.63) is 54.2 Å². The van der Waals surface area contributed by atoms with Gasteiger partial charge in [-0.3, -0.25) is 9.69 Å². The van der Waals surface area contributed by atoms with Crippen LogP contribution in [0.2, 0.25) is 0 Å². The number of alkyl halides is 3. The zero-order valence-corrected chi connectivity index (χ0v) is 22.7. The van der Waals surface area contributed by atoms with Crippen LogP contribution in [0.25, 0.3) is 22.0 Å². The molecule has 3 aromatic rings. The Morgan fingerprint density at radius 3 is 2.38 bits per heavy atom. The van der Waals surface area contributed by atoms with Crippen LogP contribution in [-0.2, 0) is 17.9 Å². The number of aryl methyl sites for hydroxylation is 1. The molecule has 40 heavy (non-hydrogen) atoms. The van der Waals surface area contributed by atoms with Crippen LogP contribution in [0.15, 0.2) is 48.7 Å². The number of hydrogen-bond acceptors (Lipinski definition) is 6. The number of rotatable bonds is 10. The monoisotopic (exact) mass is 557 g/mol. The summed E-state index contributed by atoms with van der Waals surface area (Å²) in [4.78, 5) is 15.2. The van der Waals surface area contributed by atoms with E-state index in [2.05, 4.69) is 49.2 Å². The summed E-state index contributed by atoms with van der Waals surface area (Å²) in [5, 5.41) is 7.70. The Bertz CT molecular complexity index is 1290. The van der Waals surface area contributed by atoms with Crippen molar-refractivity contribution in [3.8, 4) is 16.9 Å². The summed E-state index contributed by atoms with van der Waals surface area (Å²) < 4.78 is 44.3. The van der Waals surface area contributed by atoms with E-state index in [1.807, 2.05) is 0 Å². The van der Waals surface area contributed by atoms with Gasteiger partial charge in [-0.15, -0.1) is 13.2 Å². The van der Waals surface area contributed by atoms with E-state index in [1.165, 1.54) is 17.7 Å². The van der Waals surface area contributed by atoms with Gasteiger partial charge in [0.1, 0.15) is 5.75 Å². The van der Waals surface area contributed by atoms with Crippen molar-refractivity contribution >= 4 is 16.7 Å². The van der Waals surface area contributed by atoms with E-state index in [9.17, 15) is 18.0 Å². The molecule has 7 nitrogen and oxygen atoms in total. The number of carbonyl (C=O) groups is 1. The van der Waals surface area contributed by atoms with Crippen molar-refractivity contribution in [2.24, 2.45) is 5.73 Å². The van der Waals surface area contributed by atoms with Crippen LogP contribution in [-0.4, -0.2) is 66.4 Å². The van der Waals surface area contributed by atoms with E-state index in [0.717, 1.165) is 87.2 Å². The summed E-state index contributed by atoms with van der Waals surface area (Å²) in [6.07, 6.45) is 0.751. The van der Waals surface area contributed by atoms with Crippen molar-refractivity contribution in [1.29, 1.82) is 0 Å². The molecule has 2 aromatic carbocycles. The fourth-order valence-corrected chi connectivity index (χ4v) is 5.79. The lowest BCUT2D eigenvalue weighted by molar-refractivity contribution is -0.274. The zero-order valence-electron chi connectivity index (χ0n) is 22.7. The summed E-state index contributed by atoms with van der Waals surface area (Å²) in [5.74, 6) is -0.0961. The summed E-state index contributed by atoms with van der Waals surface area (Å²) in [5.41, 5.74) is 9.73. The van der Waals surface area contributed by atoms with Gasteiger partial charge < -0.3 is 25.7 Å². The average molecular weight is 558 g/mol. The van der Waals surface area contributed by atoms with Gasteiger partial charge in [0.15, 0.2) is 5.78 Å². The smallest absolute Gasteiger partial charge is 0.406 e. The molecule has 4 N–H and O–H groups in total. The van der Waals surface area contributed by atoms with Crippen molar-refractivity contribution in [2.75, 3.05) is 39.3 Å². The molecule has 0 amide bonds. The van der Waals surface area contributed by atoms with Crippen LogP contribution in [0, 0.1) is 0 Å². The van der Waals surface area contributed by atoms with Gasteiger partial charge in [-0.05, 0) is 74.2 Å². The predicted molar refractivity (Wildman–Crippen MR) is 150 cm³/mol. The number of carbonyl (C=O) groups excluding carboxylic acids is 1. The highest BCUT2D eigenvalue weighted by Gasteiger charge is 2.34. The number of nitrogens with one attached hydrogen (secondary N) is 2. The first kappa shape index (κ1) is 28.6. The third-order valence-electron chi connectivity index (χ3n) is 8.06. The largest absolute Gasteiger partial charge is 0.573 e. The summed E-state index contributed by atoms with van der Waals surface area (Å²) >= 11 is 0. The number of ketones is 1. The number of piperazine rings is 1. The van der Waals surface area contributed by atoms with Gasteiger partial charge in [0.25, 0.3) is 0 Å². The van der Waals surface area contributed by atoms with Gasteiger partial charge >= 0.3 is 6.36 Å². The van der Waals surface area contributed by atoms with Gasteiger partial charge in [-0.1, -0.05) is 18.2 Å². The number of unbranched alkanes of at least 4 members (excludes halogenated alkanes) is 1. The first-order chi connectivity index (χ1) is 19.2. The molecule has 10 heteroatoms. The number of halogens is 3. The van der Waals surface area contributed by atoms with E-state index in [0.29, 0.717) is 19.3 Å². The molecular weight excluding hydrogens is 519 g/mol. The number of nitrogens with zero attached hydrogens (tertiary/aromatic N) is 2. The second kappa shape index (κ2) is 12.3. The van der Waals surface area contributed by atoms with Gasteiger partial charge in [0.05, 0.1) is 5.54 Å². The number of hydrogen-bond donors (Lipinski definition) is 3. The molecule has 2 aliphatic heterocycles. The van der Waals surface area contributed by atoms with Crippen LogP contribution in [0.3, 0.4) is 0 Å². The molecule has 216 valence electrons. The lowest BCUT2D eigenvalue weighted by Crippen LogP contribution is -2.54. The highest BCUT2D eigenvalue weighted by atomic mass is 19.4. The first-order valence-electron chi connectivity index (χ1n) is 14.1. The summed E-state index contributed by atoms with van der Waals surface area (Å²) in [6.45, 7) is 7.06. The molecule has 2 aliphatic rings. The van der Waals surface area contributed by atoms with Crippen molar-refractivity contribution in [3.63, 3.8) is 0 Å². The van der Waals surface area contributed by atoms with Crippen LogP contribution in [0.1, 0.15) is 37.7 Å². The third kappa shape index (κ3) is 7.04. The average Bonchev–Trinajstić information content (AvgIpc) is 3.29. The second-order valence-electron chi connectivity index (χ2n) is 11.0. The highest BCUT2D eigenvalue weighted by molar-refractivity contribution is 5.96. The molecular formula is C30H38F3N5O2. The SMILES string of the molecule is NC1(C(=O)CCCCn2cc(-c3ccc(OC(F)(F)F)cc3)c3cc(CN4CCNCC4)ccc32)CCNCC1. The van der Waals surface area contributed by atoms with E-state index in [-0.39, 0.29) is 11.5 Å². The molecule has 2 saturated heterocycles. The number of benzene rings is 2. The molecule has 0 bridgehead atoms. The molecule has 0 atom stereocenters. The van der Waals surface area contributed by atoms with E-state index >= 15 is 0 Å². The fourth-order valence-electron chi connectivity index (χ4n) is 5.79. The molecule has 0 aliphatic carbocycles. The molecule has 1 aromatic heterocycles. The molecule has 0 unspecified atom stereocenters. The van der Waals surface area contributed by atoms with Crippen LogP contribution < -0.4 is 21.1 Å².